The molecule has 0 saturated carbocycles. The second-order valence-electron chi connectivity index (χ2n) is 1.18. The number of hydrogen-bond donors (Lipinski definition) is 3. The van der Waals surface area contributed by atoms with Crippen molar-refractivity contribution in [1.82, 2.24) is 4.90 Å². The maximum atomic E-state index is 9.62. The third-order valence-corrected chi connectivity index (χ3v) is 0.383. The van der Waals surface area contributed by atoms with Gasteiger partial charge in [0.15, 0.2) is 0 Å². The van der Waals surface area contributed by atoms with Gasteiger partial charge in [-0.2, -0.15) is 0 Å². The van der Waals surface area contributed by atoms with Gasteiger partial charge in [0, 0.05) is 14.1 Å². The predicted molar refractivity (Wildman–Crippen MR) is 40.8 cm³/mol. The van der Waals surface area contributed by atoms with Gasteiger partial charge >= 0.3 is 35.7 Å². The van der Waals surface area contributed by atoms with Crippen LogP contribution in [0.2, 0.25) is 0 Å². The zero-order valence-corrected chi connectivity index (χ0v) is 9.49. The van der Waals surface area contributed by atoms with Crippen LogP contribution >= 0.6 is 23.3 Å². The molecule has 52 valence electrons. The Balaban J connectivity index is -0.0000000412. The van der Waals surface area contributed by atoms with Crippen LogP contribution in [0.15, 0.2) is 0 Å². The Morgan fingerprint density at radius 1 is 1.56 bits per heavy atom. The number of carboxylic acid groups (broad SMARTS) is 1. The average Bonchev–Trinajstić information content (AvgIpc) is 1.72. The zero-order valence-electron chi connectivity index (χ0n) is 6.70. The summed E-state index contributed by atoms with van der Waals surface area (Å²) in [7, 11) is 2.95. The predicted octanol–water partition coefficient (Wildman–Crippen LogP) is -1.90. The molecule has 0 spiro atoms. The van der Waals surface area contributed by atoms with Gasteiger partial charge in [0.25, 0.3) is 0 Å². The van der Waals surface area contributed by atoms with Crippen molar-refractivity contribution in [1.29, 1.82) is 0 Å². The Labute approximate surface area is 88.8 Å². The summed E-state index contributed by atoms with van der Waals surface area (Å²) in [5.41, 5.74) is 0. The molecule has 0 atom stereocenters. The van der Waals surface area contributed by atoms with Crippen molar-refractivity contribution in [3.05, 3.63) is 0 Å². The Morgan fingerprint density at radius 3 is 1.67 bits per heavy atom. The summed E-state index contributed by atoms with van der Waals surface area (Å²) >= 11 is 6.44. The molecule has 0 aromatic rings. The van der Waals surface area contributed by atoms with Gasteiger partial charge in [-0.25, -0.2) is 4.79 Å². The van der Waals surface area contributed by atoms with E-state index in [0.29, 0.717) is 0 Å². The van der Waals surface area contributed by atoms with Crippen LogP contribution in [0.25, 0.3) is 0 Å². The van der Waals surface area contributed by atoms with Crippen LogP contribution in [0.4, 0.5) is 4.79 Å². The van der Waals surface area contributed by atoms with Crippen molar-refractivity contribution in [2.24, 2.45) is 0 Å². The van der Waals surface area contributed by atoms with Gasteiger partial charge in [0.2, 0.25) is 0 Å². The summed E-state index contributed by atoms with van der Waals surface area (Å²) in [6, 6.07) is 0. The van der Waals surface area contributed by atoms with Crippen molar-refractivity contribution in [2.75, 3.05) is 14.1 Å². The molecule has 0 saturated heterocycles. The van der Waals surface area contributed by atoms with Crippen LogP contribution in [0.5, 0.6) is 0 Å². The Kier molecular flexibility index (Phi) is 21.5. The molecule has 6 heteroatoms. The quantitative estimate of drug-likeness (QED) is 0.231. The fraction of sp³-hybridized carbons (Fsp3) is 0.667. The minimum absolute atomic E-state index is 0. The van der Waals surface area contributed by atoms with Gasteiger partial charge in [-0.3, -0.25) is 0 Å². The molecule has 1 amide bonds. The van der Waals surface area contributed by atoms with Gasteiger partial charge in [0.05, 0.1) is 0 Å². The van der Waals surface area contributed by atoms with E-state index in [1.54, 1.807) is 0 Å². The number of nitrogens with zero attached hydrogens (tertiary/aromatic N) is 1. The van der Waals surface area contributed by atoms with Gasteiger partial charge in [-0.15, -0.1) is 23.3 Å². The van der Waals surface area contributed by atoms with Crippen molar-refractivity contribution >= 4 is 29.4 Å². The molecule has 0 aliphatic carbocycles. The summed E-state index contributed by atoms with van der Waals surface area (Å²) in [6.07, 6.45) is -0.907. The van der Waals surface area contributed by atoms with Gasteiger partial charge in [-0.05, 0) is 0 Å². The summed E-state index contributed by atoms with van der Waals surface area (Å²) in [6.45, 7) is 0. The van der Waals surface area contributed by atoms with E-state index in [0.717, 1.165) is 4.90 Å². The van der Waals surface area contributed by atoms with Crippen LogP contribution in [0, 0.1) is 0 Å². The molecule has 0 aromatic heterocycles. The van der Waals surface area contributed by atoms with E-state index >= 15 is 0 Å². The summed E-state index contributed by atoms with van der Waals surface area (Å²) in [5, 5.41) is 7.92. The largest absolute Gasteiger partial charge is 1.00 e. The first-order valence-corrected chi connectivity index (χ1v) is 3.35. The fourth-order valence-electron chi connectivity index (χ4n) is 0. The van der Waals surface area contributed by atoms with E-state index in [1.165, 1.54) is 14.1 Å². The normalized spacial score (nSPS) is 5.78. The number of hydrogen-bond acceptors (Lipinski definition) is 3. The first-order valence-electron chi connectivity index (χ1n) is 1.75. The monoisotopic (exact) mass is 179 g/mol. The topological polar surface area (TPSA) is 40.5 Å². The van der Waals surface area contributed by atoms with Crippen LogP contribution in [-0.4, -0.2) is 30.2 Å². The molecule has 1 N–H and O–H groups in total. The average molecular weight is 179 g/mol. The van der Waals surface area contributed by atoms with E-state index in [-0.39, 0.29) is 31.0 Å². The zero-order chi connectivity index (χ0) is 7.15. The molecule has 0 bridgehead atoms. The Morgan fingerprint density at radius 2 is 1.67 bits per heavy atom. The number of thiol groups is 2. The summed E-state index contributed by atoms with van der Waals surface area (Å²) < 4.78 is 0. The first-order chi connectivity index (χ1) is 3.64. The molecule has 0 unspecified atom stereocenters. The van der Waals surface area contributed by atoms with Crippen LogP contribution < -0.4 is 29.6 Å². The molecule has 0 fully saturated rings. The second kappa shape index (κ2) is 11.7. The molecular weight excluding hydrogens is 169 g/mol. The number of carbonyl (C=O) groups is 1. The number of rotatable bonds is 0. The van der Waals surface area contributed by atoms with Gasteiger partial charge in [-0.1, -0.05) is 0 Å². The third kappa shape index (κ3) is 17.6. The van der Waals surface area contributed by atoms with E-state index in [4.69, 9.17) is 5.11 Å². The molecule has 0 heterocycles. The Hall–Kier alpha value is 0.970. The van der Waals surface area contributed by atoms with E-state index in [9.17, 15) is 4.79 Å². The minimum Gasteiger partial charge on any atom is -1.00 e. The van der Waals surface area contributed by atoms with Crippen LogP contribution in [-0.2, 0) is 0 Å². The van der Waals surface area contributed by atoms with Crippen molar-refractivity contribution in [3.63, 3.8) is 0 Å². The first kappa shape index (κ1) is 16.5. The Bertz CT molecular complexity index is 75.5. The minimum atomic E-state index is -0.907. The van der Waals surface area contributed by atoms with Gasteiger partial charge < -0.3 is 11.4 Å². The summed E-state index contributed by atoms with van der Waals surface area (Å²) in [4.78, 5) is 10.7. The van der Waals surface area contributed by atoms with E-state index < -0.39 is 6.09 Å². The molecule has 0 aliphatic heterocycles. The van der Waals surface area contributed by atoms with Gasteiger partial charge in [0.1, 0.15) is 0 Å². The smallest absolute Gasteiger partial charge is 1.00 e. The van der Waals surface area contributed by atoms with Crippen molar-refractivity contribution in [3.8, 4) is 0 Å². The van der Waals surface area contributed by atoms with Crippen molar-refractivity contribution in [2.45, 2.75) is 0 Å². The molecule has 0 aromatic carbocycles. The maximum Gasteiger partial charge on any atom is 1.00 e. The molecular formula is C3H10NNaO2S2. The van der Waals surface area contributed by atoms with Crippen LogP contribution in [0.1, 0.15) is 1.43 Å². The molecule has 0 radical (unpaired) electrons. The summed E-state index contributed by atoms with van der Waals surface area (Å²) in [5.74, 6) is 0. The maximum absolute atomic E-state index is 9.62. The fourth-order valence-corrected chi connectivity index (χ4v) is 0. The standard InChI is InChI=1S/C3H7NO2.Na.H2S2.H/c1-4(2)3(5)6;;1-2;/h1-2H3,(H,5,6);;1-2H;/q;+1;;-1. The molecule has 0 rings (SSSR count). The van der Waals surface area contributed by atoms with E-state index in [2.05, 4.69) is 23.3 Å². The molecule has 0 aliphatic rings. The third-order valence-electron chi connectivity index (χ3n) is 0.383. The van der Waals surface area contributed by atoms with Crippen LogP contribution in [0.3, 0.4) is 0 Å². The van der Waals surface area contributed by atoms with Crippen molar-refractivity contribution < 1.29 is 40.9 Å². The van der Waals surface area contributed by atoms with E-state index in [1.807, 2.05) is 0 Å². The molecule has 3 nitrogen and oxygen atoms in total. The SMILES string of the molecule is CN(C)C(=O)O.SS.[H-].[Na+]. The second-order valence-corrected chi connectivity index (χ2v) is 1.18. The number of amides is 1. The molecule has 9 heavy (non-hydrogen) atoms.